The highest BCUT2D eigenvalue weighted by Crippen LogP contribution is 2.25. The quantitative estimate of drug-likeness (QED) is 0.781. The summed E-state index contributed by atoms with van der Waals surface area (Å²) in [4.78, 5) is 16.3. The average molecular weight is 362 g/mol. The summed E-state index contributed by atoms with van der Waals surface area (Å²) >= 11 is 0. The lowest BCUT2D eigenvalue weighted by molar-refractivity contribution is -0.118. The summed E-state index contributed by atoms with van der Waals surface area (Å²) in [5.74, 6) is 1.74. The second-order valence-electron chi connectivity index (χ2n) is 6.60. The molecule has 0 aliphatic carbocycles. The maximum atomic E-state index is 12.3. The molecule has 0 unspecified atom stereocenters. The Morgan fingerprint density at radius 3 is 2.68 bits per heavy atom. The van der Waals surface area contributed by atoms with E-state index in [-0.39, 0.29) is 17.4 Å². The predicted molar refractivity (Wildman–Crippen MR) is 101 cm³/mol. The first kappa shape index (κ1) is 19.4. The van der Waals surface area contributed by atoms with Gasteiger partial charge in [0.15, 0.2) is 0 Å². The Bertz CT molecular complexity index is 753. The predicted octanol–water partition coefficient (Wildman–Crippen LogP) is 3.37. The first-order valence-electron chi connectivity index (χ1n) is 8.50. The van der Waals surface area contributed by atoms with Crippen LogP contribution in [0.2, 0.25) is 0 Å². The first-order chi connectivity index (χ1) is 11.9. The van der Waals surface area contributed by atoms with E-state index in [2.05, 4.69) is 24.1 Å². The molecule has 0 spiro atoms. The van der Waals surface area contributed by atoms with Gasteiger partial charge < -0.3 is 9.73 Å². The number of benzene rings is 1. The zero-order valence-corrected chi connectivity index (χ0v) is 16.1. The van der Waals surface area contributed by atoms with Crippen LogP contribution in [-0.4, -0.2) is 27.4 Å². The van der Waals surface area contributed by atoms with Gasteiger partial charge >= 0.3 is 0 Å². The third kappa shape index (κ3) is 5.81. The van der Waals surface area contributed by atoms with Crippen molar-refractivity contribution in [2.45, 2.75) is 39.9 Å². The molecule has 5 nitrogen and oxygen atoms in total. The van der Waals surface area contributed by atoms with E-state index >= 15 is 0 Å². The number of nitrogens with one attached hydrogen (secondary N) is 1. The van der Waals surface area contributed by atoms with Crippen molar-refractivity contribution < 1.29 is 13.4 Å². The summed E-state index contributed by atoms with van der Waals surface area (Å²) in [6.07, 6.45) is 0.917. The number of oxazole rings is 1. The van der Waals surface area contributed by atoms with Crippen LogP contribution in [-0.2, 0) is 21.3 Å². The summed E-state index contributed by atoms with van der Waals surface area (Å²) in [7, 11) is -1.31. The Labute approximate surface area is 151 Å². The number of rotatable bonds is 8. The number of hydrogen-bond acceptors (Lipinski definition) is 4. The number of amides is 1. The molecule has 1 atom stereocenters. The van der Waals surface area contributed by atoms with Crippen molar-refractivity contribution >= 4 is 16.7 Å². The molecule has 1 N–H and O–H groups in total. The Kier molecular flexibility index (Phi) is 6.93. The molecule has 0 fully saturated rings. The molecule has 1 amide bonds. The van der Waals surface area contributed by atoms with Crippen molar-refractivity contribution in [3.05, 3.63) is 41.3 Å². The van der Waals surface area contributed by atoms with Crippen molar-refractivity contribution in [1.82, 2.24) is 10.3 Å². The summed E-state index contributed by atoms with van der Waals surface area (Å²) in [5, 5.41) is 2.81. The molecule has 0 aliphatic rings. The molecule has 0 radical (unpaired) electrons. The number of aromatic nitrogens is 1. The van der Waals surface area contributed by atoms with Gasteiger partial charge in [-0.3, -0.25) is 9.00 Å². The molecule has 25 heavy (non-hydrogen) atoms. The molecule has 0 bridgehead atoms. The molecule has 1 aromatic carbocycles. The van der Waals surface area contributed by atoms with E-state index in [1.165, 1.54) is 0 Å². The van der Waals surface area contributed by atoms with E-state index in [1.807, 2.05) is 38.1 Å². The number of hydrogen-bond donors (Lipinski definition) is 1. The van der Waals surface area contributed by atoms with Crippen LogP contribution in [0.5, 0.6) is 0 Å². The molecule has 0 aliphatic heterocycles. The van der Waals surface area contributed by atoms with Gasteiger partial charge in [0.1, 0.15) is 11.5 Å². The first-order valence-corrected chi connectivity index (χ1v) is 9.99. The number of nitrogens with zero attached hydrogens (tertiary/aromatic N) is 1. The van der Waals surface area contributed by atoms with Gasteiger partial charge in [0, 0.05) is 22.9 Å². The third-order valence-corrected chi connectivity index (χ3v) is 5.08. The van der Waals surface area contributed by atoms with Crippen LogP contribution >= 0.6 is 0 Å². The third-order valence-electron chi connectivity index (χ3n) is 3.90. The SMILES string of the molecule is Cc1ccccc1-c1nc(C[S@@](=O)CC(=O)NCCC(C)C)c(C)o1. The summed E-state index contributed by atoms with van der Waals surface area (Å²) in [5.41, 5.74) is 2.64. The molecular weight excluding hydrogens is 336 g/mol. The minimum atomic E-state index is -1.31. The zero-order valence-electron chi connectivity index (χ0n) is 15.3. The molecule has 136 valence electrons. The molecule has 2 rings (SSSR count). The molecule has 1 aromatic heterocycles. The van der Waals surface area contributed by atoms with E-state index in [4.69, 9.17) is 4.42 Å². The summed E-state index contributed by atoms with van der Waals surface area (Å²) < 4.78 is 18.0. The van der Waals surface area contributed by atoms with Crippen LogP contribution in [0.3, 0.4) is 0 Å². The zero-order chi connectivity index (χ0) is 18.4. The highest BCUT2D eigenvalue weighted by molar-refractivity contribution is 7.84. The lowest BCUT2D eigenvalue weighted by atomic mass is 10.1. The largest absolute Gasteiger partial charge is 0.441 e. The standard InChI is InChI=1S/C19H26N2O3S/c1-13(2)9-10-20-18(22)12-25(23)11-17-15(4)24-19(21-17)16-8-6-5-7-14(16)3/h5-8,13H,9-12H2,1-4H3,(H,20,22)/t25-/m1/s1. The van der Waals surface area contributed by atoms with Gasteiger partial charge in [-0.1, -0.05) is 32.0 Å². The Morgan fingerprint density at radius 2 is 2.00 bits per heavy atom. The fourth-order valence-electron chi connectivity index (χ4n) is 2.39. The topological polar surface area (TPSA) is 72.2 Å². The molecule has 0 saturated heterocycles. The van der Waals surface area contributed by atoms with Crippen LogP contribution in [0, 0.1) is 19.8 Å². The molecule has 2 aromatic rings. The Balaban J connectivity index is 1.95. The van der Waals surface area contributed by atoms with Gasteiger partial charge in [-0.25, -0.2) is 4.98 Å². The number of carbonyl (C=O) groups is 1. The van der Waals surface area contributed by atoms with Gasteiger partial charge in [-0.05, 0) is 37.8 Å². The Morgan fingerprint density at radius 1 is 1.28 bits per heavy atom. The summed E-state index contributed by atoms with van der Waals surface area (Å²) in [6, 6.07) is 7.83. The fraction of sp³-hybridized carbons (Fsp3) is 0.474. The van der Waals surface area contributed by atoms with Crippen LogP contribution in [0.25, 0.3) is 11.5 Å². The van der Waals surface area contributed by atoms with E-state index < -0.39 is 10.8 Å². The van der Waals surface area contributed by atoms with Gasteiger partial charge in [0.05, 0.1) is 11.4 Å². The van der Waals surface area contributed by atoms with E-state index in [0.717, 1.165) is 17.5 Å². The van der Waals surface area contributed by atoms with Gasteiger partial charge in [0.25, 0.3) is 0 Å². The Hall–Kier alpha value is -1.95. The van der Waals surface area contributed by atoms with Crippen LogP contribution in [0.4, 0.5) is 0 Å². The van der Waals surface area contributed by atoms with E-state index in [0.29, 0.717) is 29.8 Å². The maximum Gasteiger partial charge on any atom is 0.232 e. The monoisotopic (exact) mass is 362 g/mol. The molecular formula is C19H26N2O3S. The summed E-state index contributed by atoms with van der Waals surface area (Å²) in [6.45, 7) is 8.62. The van der Waals surface area contributed by atoms with E-state index in [1.54, 1.807) is 0 Å². The average Bonchev–Trinajstić information content (AvgIpc) is 2.87. The smallest absolute Gasteiger partial charge is 0.232 e. The van der Waals surface area contributed by atoms with Crippen molar-refractivity contribution in [3.8, 4) is 11.5 Å². The van der Waals surface area contributed by atoms with Gasteiger partial charge in [0.2, 0.25) is 11.8 Å². The van der Waals surface area contributed by atoms with Crippen molar-refractivity contribution in [1.29, 1.82) is 0 Å². The highest BCUT2D eigenvalue weighted by atomic mass is 32.2. The van der Waals surface area contributed by atoms with Crippen molar-refractivity contribution in [3.63, 3.8) is 0 Å². The minimum absolute atomic E-state index is 0.00983. The van der Waals surface area contributed by atoms with Crippen molar-refractivity contribution in [2.75, 3.05) is 12.3 Å². The number of carbonyl (C=O) groups excluding carboxylic acids is 1. The van der Waals surface area contributed by atoms with Crippen LogP contribution in [0.15, 0.2) is 28.7 Å². The van der Waals surface area contributed by atoms with Crippen LogP contribution < -0.4 is 5.32 Å². The second-order valence-corrected chi connectivity index (χ2v) is 8.05. The molecule has 6 heteroatoms. The maximum absolute atomic E-state index is 12.3. The molecule has 0 saturated carbocycles. The fourth-order valence-corrected chi connectivity index (χ4v) is 3.46. The lowest BCUT2D eigenvalue weighted by Gasteiger charge is -2.06. The number of aryl methyl sites for hydroxylation is 2. The second kappa shape index (κ2) is 8.94. The van der Waals surface area contributed by atoms with Gasteiger partial charge in [-0.15, -0.1) is 0 Å². The highest BCUT2D eigenvalue weighted by Gasteiger charge is 2.16. The van der Waals surface area contributed by atoms with E-state index in [9.17, 15) is 9.00 Å². The molecule has 1 heterocycles. The lowest BCUT2D eigenvalue weighted by Crippen LogP contribution is -2.30. The van der Waals surface area contributed by atoms with Crippen LogP contribution in [0.1, 0.15) is 37.3 Å². The normalized spacial score (nSPS) is 12.4. The minimum Gasteiger partial charge on any atom is -0.441 e. The van der Waals surface area contributed by atoms with Gasteiger partial charge in [-0.2, -0.15) is 0 Å². The van der Waals surface area contributed by atoms with Crippen molar-refractivity contribution in [2.24, 2.45) is 5.92 Å².